The van der Waals surface area contributed by atoms with Crippen LogP contribution in [0.25, 0.3) is 6.08 Å². The number of carbonyl (C=O) groups excluding carboxylic acids is 2. The van der Waals surface area contributed by atoms with Gasteiger partial charge in [-0.3, -0.25) is 4.79 Å². The van der Waals surface area contributed by atoms with Gasteiger partial charge in [-0.25, -0.2) is 4.79 Å². The number of aliphatic hydroxyl groups is 1. The number of carbonyl (C=O) groups is 2. The second-order valence-electron chi connectivity index (χ2n) is 5.54. The van der Waals surface area contributed by atoms with Crippen LogP contribution in [0.5, 0.6) is 0 Å². The summed E-state index contributed by atoms with van der Waals surface area (Å²) in [7, 11) is 0. The molecule has 0 atom stereocenters. The van der Waals surface area contributed by atoms with Crippen molar-refractivity contribution in [3.05, 3.63) is 77.3 Å². The number of aromatic nitrogens is 1. The molecule has 130 valence electrons. The summed E-state index contributed by atoms with van der Waals surface area (Å²) in [4.78, 5) is 23.1. The molecule has 0 aliphatic carbocycles. The predicted octanol–water partition coefficient (Wildman–Crippen LogP) is 3.43. The minimum absolute atomic E-state index is 0.132. The molecule has 0 saturated heterocycles. The Morgan fingerprint density at radius 1 is 1.24 bits per heavy atom. The molecule has 1 aromatic carbocycles. The molecule has 0 amide bonds. The van der Waals surface area contributed by atoms with E-state index in [9.17, 15) is 14.7 Å². The molecular formula is C20H21NO4. The molecule has 5 nitrogen and oxygen atoms in total. The van der Waals surface area contributed by atoms with Crippen molar-refractivity contribution < 1.29 is 19.4 Å². The third-order valence-corrected chi connectivity index (χ3v) is 3.48. The topological polar surface area (TPSA) is 68.5 Å². The predicted molar refractivity (Wildman–Crippen MR) is 96.1 cm³/mol. The average molecular weight is 339 g/mol. The smallest absolute Gasteiger partial charge is 0.373 e. The Kier molecular flexibility index (Phi) is 6.34. The van der Waals surface area contributed by atoms with E-state index in [2.05, 4.69) is 10.8 Å². The van der Waals surface area contributed by atoms with Crippen LogP contribution in [-0.4, -0.2) is 28.0 Å². The van der Waals surface area contributed by atoms with Gasteiger partial charge in [-0.2, -0.15) is 0 Å². The normalized spacial score (nSPS) is 11.7. The number of nitrogens with zero attached hydrogens (tertiary/aromatic N) is 1. The van der Waals surface area contributed by atoms with Gasteiger partial charge < -0.3 is 14.4 Å². The Labute approximate surface area is 146 Å². The fraction of sp³-hybridized carbons (Fsp3) is 0.200. The van der Waals surface area contributed by atoms with Crippen LogP contribution in [0.2, 0.25) is 0 Å². The van der Waals surface area contributed by atoms with Crippen molar-refractivity contribution in [3.8, 4) is 0 Å². The molecule has 0 fully saturated rings. The van der Waals surface area contributed by atoms with E-state index in [4.69, 9.17) is 0 Å². The van der Waals surface area contributed by atoms with Crippen LogP contribution in [-0.2, 0) is 20.9 Å². The van der Waals surface area contributed by atoms with Crippen molar-refractivity contribution in [2.24, 2.45) is 0 Å². The van der Waals surface area contributed by atoms with Crippen LogP contribution in [0, 0.1) is 6.92 Å². The lowest BCUT2D eigenvalue weighted by molar-refractivity contribution is -0.141. The first-order valence-corrected chi connectivity index (χ1v) is 8.00. The summed E-state index contributed by atoms with van der Waals surface area (Å²) < 4.78 is 6.62. The number of hydrogen-bond donors (Lipinski definition) is 1. The van der Waals surface area contributed by atoms with Gasteiger partial charge in [-0.05, 0) is 43.7 Å². The van der Waals surface area contributed by atoms with Crippen molar-refractivity contribution in [3.63, 3.8) is 0 Å². The molecule has 0 aliphatic rings. The molecule has 0 spiro atoms. The summed E-state index contributed by atoms with van der Waals surface area (Å²) in [6.45, 7) is 4.48. The van der Waals surface area contributed by atoms with E-state index in [1.807, 2.05) is 48.0 Å². The molecule has 0 bridgehead atoms. The maximum absolute atomic E-state index is 11.8. The molecule has 1 aromatic heterocycles. The highest BCUT2D eigenvalue weighted by Gasteiger charge is 2.09. The molecule has 0 radical (unpaired) electrons. The minimum Gasteiger partial charge on any atom is -0.502 e. The van der Waals surface area contributed by atoms with Gasteiger partial charge in [0.1, 0.15) is 0 Å². The van der Waals surface area contributed by atoms with Crippen molar-refractivity contribution in [1.82, 2.24) is 4.57 Å². The van der Waals surface area contributed by atoms with Gasteiger partial charge in [-0.15, -0.1) is 0 Å². The maximum Gasteiger partial charge on any atom is 0.373 e. The summed E-state index contributed by atoms with van der Waals surface area (Å²) >= 11 is 0. The van der Waals surface area contributed by atoms with E-state index >= 15 is 0 Å². The van der Waals surface area contributed by atoms with E-state index in [0.717, 1.165) is 17.3 Å². The number of hydrogen-bond acceptors (Lipinski definition) is 4. The Balaban J connectivity index is 2.07. The van der Waals surface area contributed by atoms with Gasteiger partial charge in [0.15, 0.2) is 5.78 Å². The lowest BCUT2D eigenvalue weighted by Gasteiger charge is -2.07. The number of rotatable bonds is 7. The van der Waals surface area contributed by atoms with E-state index in [1.165, 1.54) is 11.6 Å². The number of esters is 1. The van der Waals surface area contributed by atoms with Crippen molar-refractivity contribution in [2.45, 2.75) is 20.4 Å². The van der Waals surface area contributed by atoms with Crippen molar-refractivity contribution in [1.29, 1.82) is 0 Å². The second kappa shape index (κ2) is 8.68. The maximum atomic E-state index is 11.8. The molecule has 2 aromatic rings. The Morgan fingerprint density at radius 2 is 2.04 bits per heavy atom. The number of allylic oxidation sites excluding steroid dienone is 2. The molecule has 5 heteroatoms. The number of ether oxygens (including phenoxy) is 1. The minimum atomic E-state index is -0.910. The number of aryl methyl sites for hydroxylation is 1. The molecule has 0 aliphatic heterocycles. The largest absolute Gasteiger partial charge is 0.502 e. The lowest BCUT2D eigenvalue weighted by Crippen LogP contribution is -2.08. The van der Waals surface area contributed by atoms with E-state index < -0.39 is 17.5 Å². The van der Waals surface area contributed by atoms with Crippen LogP contribution in [0.1, 0.15) is 23.7 Å². The van der Waals surface area contributed by atoms with Gasteiger partial charge in [0, 0.05) is 24.5 Å². The van der Waals surface area contributed by atoms with E-state index in [1.54, 1.807) is 13.0 Å². The zero-order valence-electron chi connectivity index (χ0n) is 14.3. The zero-order chi connectivity index (χ0) is 18.2. The Hall–Kier alpha value is -3.08. The highest BCUT2D eigenvalue weighted by molar-refractivity contribution is 6.05. The van der Waals surface area contributed by atoms with Crippen LogP contribution in [0.4, 0.5) is 0 Å². The van der Waals surface area contributed by atoms with Gasteiger partial charge in [0.25, 0.3) is 0 Å². The van der Waals surface area contributed by atoms with Crippen LogP contribution in [0.15, 0.2) is 60.5 Å². The standard InChI is InChI=1S/C20H21NO4/c1-3-25-20(24)19(23)13-18(22)10-9-17-8-5-11-21(17)14-16-7-4-6-15(2)12-16/h4-13,23H,3,14H2,1-2H3/b10-9+,19-13-. The summed E-state index contributed by atoms with van der Waals surface area (Å²) in [6.07, 6.45) is 5.73. The first kappa shape index (κ1) is 18.3. The Bertz CT molecular complexity index is 815. The second-order valence-corrected chi connectivity index (χ2v) is 5.54. The fourth-order valence-corrected chi connectivity index (χ4v) is 2.34. The first-order valence-electron chi connectivity index (χ1n) is 8.00. The highest BCUT2D eigenvalue weighted by atomic mass is 16.5. The third-order valence-electron chi connectivity index (χ3n) is 3.48. The summed E-state index contributed by atoms with van der Waals surface area (Å²) in [5.74, 6) is -2.10. The van der Waals surface area contributed by atoms with Gasteiger partial charge >= 0.3 is 5.97 Å². The molecule has 25 heavy (non-hydrogen) atoms. The SMILES string of the molecule is CCOC(=O)/C(O)=C/C(=O)/C=C/c1cccn1Cc1cccc(C)c1. The van der Waals surface area contributed by atoms with E-state index in [0.29, 0.717) is 6.54 Å². The summed E-state index contributed by atoms with van der Waals surface area (Å²) in [5.41, 5.74) is 3.20. The third kappa shape index (κ3) is 5.49. The molecule has 0 saturated carbocycles. The quantitative estimate of drug-likeness (QED) is 0.477. The molecule has 1 heterocycles. The zero-order valence-corrected chi connectivity index (χ0v) is 14.3. The van der Waals surface area contributed by atoms with Crippen molar-refractivity contribution >= 4 is 17.8 Å². The molecule has 0 unspecified atom stereocenters. The van der Waals surface area contributed by atoms with E-state index in [-0.39, 0.29) is 6.61 Å². The Morgan fingerprint density at radius 3 is 2.76 bits per heavy atom. The highest BCUT2D eigenvalue weighted by Crippen LogP contribution is 2.11. The monoisotopic (exact) mass is 339 g/mol. The average Bonchev–Trinajstić information content (AvgIpc) is 3.00. The lowest BCUT2D eigenvalue weighted by atomic mass is 10.1. The fourth-order valence-electron chi connectivity index (χ4n) is 2.34. The van der Waals surface area contributed by atoms with Gasteiger partial charge in [0.05, 0.1) is 6.61 Å². The molecule has 1 N–H and O–H groups in total. The van der Waals surface area contributed by atoms with Crippen LogP contribution in [0.3, 0.4) is 0 Å². The van der Waals surface area contributed by atoms with Gasteiger partial charge in [-0.1, -0.05) is 29.8 Å². The number of aliphatic hydroxyl groups excluding tert-OH is 1. The molecule has 2 rings (SSSR count). The summed E-state index contributed by atoms with van der Waals surface area (Å²) in [6, 6.07) is 12.0. The van der Waals surface area contributed by atoms with Crippen molar-refractivity contribution in [2.75, 3.05) is 6.61 Å². The molecular weight excluding hydrogens is 318 g/mol. The van der Waals surface area contributed by atoms with Crippen LogP contribution < -0.4 is 0 Å². The first-order chi connectivity index (χ1) is 12.0. The van der Waals surface area contributed by atoms with Crippen LogP contribution >= 0.6 is 0 Å². The van der Waals surface area contributed by atoms with Gasteiger partial charge in [0.2, 0.25) is 5.76 Å². The number of benzene rings is 1. The number of ketones is 1. The summed E-state index contributed by atoms with van der Waals surface area (Å²) in [5, 5.41) is 9.48.